The zero-order valence-corrected chi connectivity index (χ0v) is 40.1. The molecule has 3 amide bonds. The van der Waals surface area contributed by atoms with Gasteiger partial charge in [0.15, 0.2) is 5.78 Å². The molecule has 0 aliphatic heterocycles. The van der Waals surface area contributed by atoms with E-state index in [1.165, 1.54) is 64.2 Å². The molecule has 374 valence electrons. The minimum Gasteiger partial charge on any atom is -0.481 e. The zero-order chi connectivity index (χ0) is 47.7. The first-order valence-corrected chi connectivity index (χ1v) is 24.6. The molecule has 16 nitrogen and oxygen atoms in total. The van der Waals surface area contributed by atoms with Gasteiger partial charge in [0.25, 0.3) is 0 Å². The first kappa shape index (κ1) is 62.6. The number of unbranched alkanes of at least 4 members (excludes halogenated alkanes) is 17. The molecule has 0 saturated heterocycles. The van der Waals surface area contributed by atoms with E-state index < -0.39 is 18.0 Å². The summed E-state index contributed by atoms with van der Waals surface area (Å²) in [7, 11) is 0. The predicted molar refractivity (Wildman–Crippen MR) is 248 cm³/mol. The molecule has 0 unspecified atom stereocenters. The first-order valence-electron chi connectivity index (χ1n) is 24.6. The van der Waals surface area contributed by atoms with E-state index in [1.807, 2.05) is 20.8 Å². The van der Waals surface area contributed by atoms with Crippen molar-refractivity contribution >= 4 is 41.2 Å². The van der Waals surface area contributed by atoms with Crippen LogP contribution in [-0.4, -0.2) is 123 Å². The summed E-state index contributed by atoms with van der Waals surface area (Å²) >= 11 is 0. The van der Waals surface area contributed by atoms with E-state index in [2.05, 4.69) is 16.0 Å². The Hall–Kier alpha value is -3.47. The summed E-state index contributed by atoms with van der Waals surface area (Å²) in [5.41, 5.74) is 0. The van der Waals surface area contributed by atoms with Crippen LogP contribution in [0.1, 0.15) is 194 Å². The number of aliphatic carboxylic acids is 2. The average molecular weight is 916 g/mol. The average Bonchev–Trinajstić information content (AvgIpc) is 3.27. The van der Waals surface area contributed by atoms with Crippen molar-refractivity contribution in [1.29, 1.82) is 0 Å². The fourth-order valence-corrected chi connectivity index (χ4v) is 6.47. The Balaban J connectivity index is 0. The van der Waals surface area contributed by atoms with E-state index in [1.54, 1.807) is 0 Å². The fourth-order valence-electron chi connectivity index (χ4n) is 6.47. The quantitative estimate of drug-likeness (QED) is 0.0370. The number of ketones is 2. The van der Waals surface area contributed by atoms with Gasteiger partial charge in [-0.3, -0.25) is 28.8 Å². The Bertz CT molecular complexity index is 1190. The highest BCUT2D eigenvalue weighted by Gasteiger charge is 2.20. The van der Waals surface area contributed by atoms with Gasteiger partial charge in [0.2, 0.25) is 17.7 Å². The van der Waals surface area contributed by atoms with Gasteiger partial charge in [0.1, 0.15) is 25.0 Å². The maximum Gasteiger partial charge on any atom is 0.326 e. The fraction of sp³-hybridized carbons (Fsp3) is 0.854. The van der Waals surface area contributed by atoms with Gasteiger partial charge in [-0.15, -0.1) is 0 Å². The minimum absolute atomic E-state index is 0.00324. The lowest BCUT2D eigenvalue weighted by Gasteiger charge is -2.14. The lowest BCUT2D eigenvalue weighted by Crippen LogP contribution is -2.41. The molecular formula is C48H89N3O13. The molecular weight excluding hydrogens is 827 g/mol. The Morgan fingerprint density at radius 1 is 0.422 bits per heavy atom. The van der Waals surface area contributed by atoms with Crippen molar-refractivity contribution in [2.45, 2.75) is 200 Å². The number of hydrogen-bond donors (Lipinski definition) is 5. The summed E-state index contributed by atoms with van der Waals surface area (Å²) in [6.07, 6.45) is 23.9. The molecule has 0 bridgehead atoms. The molecule has 5 N–H and O–H groups in total. The lowest BCUT2D eigenvalue weighted by atomic mass is 10.0. The maximum absolute atomic E-state index is 12.1. The van der Waals surface area contributed by atoms with E-state index in [4.69, 9.17) is 24.1 Å². The zero-order valence-electron chi connectivity index (χ0n) is 40.1. The molecule has 0 aliphatic rings. The summed E-state index contributed by atoms with van der Waals surface area (Å²) in [6, 6.07) is -1.01. The lowest BCUT2D eigenvalue weighted by molar-refractivity contribution is -0.142. The molecule has 16 heteroatoms. The van der Waals surface area contributed by atoms with E-state index in [0.29, 0.717) is 91.3 Å². The topological polar surface area (TPSA) is 233 Å². The van der Waals surface area contributed by atoms with Crippen LogP contribution < -0.4 is 16.0 Å². The number of amides is 3. The standard InChI is InChI=1S/C30H55NO7.C18H34N2O6/c1-2-38-25-19-20-26(32)23-24-27(30(36)37)31-28(33)21-17-15-13-11-9-7-5-3-4-6-8-10-12-14-16-18-22-29(34)35;1-3-17(22)19-9-7-5-6-8-16(21)14-26-13-12-25-11-10-20-18(23)15-24-4-2/h27H,2-25H2,1H3,(H,31,33)(H,34,35)(H,36,37);3-15H2,1-2H3,(H,19,22)(H,20,23)/t27-;/m0./s1. The van der Waals surface area contributed by atoms with Crippen LogP contribution in [0.5, 0.6) is 0 Å². The number of Topliss-reactive ketones (excluding diaryl/α,β-unsaturated/α-hetero) is 2. The second-order valence-electron chi connectivity index (χ2n) is 16.1. The number of carbonyl (C=O) groups is 7. The third-order valence-electron chi connectivity index (χ3n) is 10.3. The van der Waals surface area contributed by atoms with Crippen LogP contribution >= 0.6 is 0 Å². The molecule has 1 atom stereocenters. The van der Waals surface area contributed by atoms with Gasteiger partial charge in [0, 0.05) is 71.4 Å². The van der Waals surface area contributed by atoms with Gasteiger partial charge in [-0.25, -0.2) is 4.79 Å². The number of carbonyl (C=O) groups excluding carboxylic acids is 5. The molecule has 0 aromatic heterocycles. The Kier molecular flexibility index (Phi) is 47.9. The summed E-state index contributed by atoms with van der Waals surface area (Å²) in [4.78, 5) is 79.8. The molecule has 0 spiro atoms. The number of rotatable bonds is 47. The SMILES string of the molecule is CCOCC(=O)NCCOCCOCC(=O)CCCCCNC(=O)CC.CCOCCCC(=O)CC[C@H](NC(=O)CCCCCCCCCCCCCCCCCCC(=O)O)C(=O)O. The van der Waals surface area contributed by atoms with E-state index in [0.717, 1.165) is 57.8 Å². The molecule has 0 aromatic carbocycles. The Morgan fingerprint density at radius 3 is 1.47 bits per heavy atom. The van der Waals surface area contributed by atoms with Crippen molar-refractivity contribution in [3.05, 3.63) is 0 Å². The molecule has 0 heterocycles. The number of carboxylic acid groups (broad SMARTS) is 2. The molecule has 0 saturated carbocycles. The van der Waals surface area contributed by atoms with Crippen LogP contribution in [0.4, 0.5) is 0 Å². The highest BCUT2D eigenvalue weighted by atomic mass is 16.5. The van der Waals surface area contributed by atoms with Crippen LogP contribution in [0.25, 0.3) is 0 Å². The normalized spacial score (nSPS) is 11.3. The highest BCUT2D eigenvalue weighted by Crippen LogP contribution is 2.15. The largest absolute Gasteiger partial charge is 0.481 e. The molecule has 0 fully saturated rings. The number of nitrogens with one attached hydrogen (secondary N) is 3. The minimum atomic E-state index is -1.09. The Morgan fingerprint density at radius 2 is 0.922 bits per heavy atom. The third-order valence-corrected chi connectivity index (χ3v) is 10.3. The second kappa shape index (κ2) is 49.0. The summed E-state index contributed by atoms with van der Waals surface area (Å²) in [5, 5.41) is 26.0. The van der Waals surface area contributed by atoms with E-state index in [-0.39, 0.29) is 55.3 Å². The van der Waals surface area contributed by atoms with E-state index >= 15 is 0 Å². The van der Waals surface area contributed by atoms with E-state index in [9.17, 15) is 38.7 Å². The number of ether oxygens (including phenoxy) is 4. The smallest absolute Gasteiger partial charge is 0.326 e. The van der Waals surface area contributed by atoms with Gasteiger partial charge in [-0.2, -0.15) is 0 Å². The van der Waals surface area contributed by atoms with Gasteiger partial charge < -0.3 is 45.1 Å². The van der Waals surface area contributed by atoms with Crippen molar-refractivity contribution < 1.29 is 62.7 Å². The summed E-state index contributed by atoms with van der Waals surface area (Å²) in [6.45, 7) is 9.58. The molecule has 0 aromatic rings. The van der Waals surface area contributed by atoms with Crippen LogP contribution in [0, 0.1) is 0 Å². The van der Waals surface area contributed by atoms with Crippen LogP contribution in [0.3, 0.4) is 0 Å². The van der Waals surface area contributed by atoms with Crippen molar-refractivity contribution in [2.24, 2.45) is 0 Å². The summed E-state index contributed by atoms with van der Waals surface area (Å²) in [5.74, 6) is -2.06. The van der Waals surface area contributed by atoms with Gasteiger partial charge in [-0.05, 0) is 52.4 Å². The van der Waals surface area contributed by atoms with Gasteiger partial charge in [-0.1, -0.05) is 103 Å². The van der Waals surface area contributed by atoms with Gasteiger partial charge in [0.05, 0.1) is 19.8 Å². The maximum atomic E-state index is 12.1. The van der Waals surface area contributed by atoms with Crippen molar-refractivity contribution in [2.75, 3.05) is 65.9 Å². The summed E-state index contributed by atoms with van der Waals surface area (Å²) < 4.78 is 20.7. The molecule has 0 aliphatic carbocycles. The van der Waals surface area contributed by atoms with Gasteiger partial charge >= 0.3 is 11.9 Å². The first-order chi connectivity index (χ1) is 31.0. The molecule has 0 radical (unpaired) electrons. The molecule has 0 rings (SSSR count). The highest BCUT2D eigenvalue weighted by molar-refractivity contribution is 5.84. The number of carboxylic acids is 2. The van der Waals surface area contributed by atoms with Crippen LogP contribution in [-0.2, 0) is 52.5 Å². The van der Waals surface area contributed by atoms with Crippen LogP contribution in [0.2, 0.25) is 0 Å². The predicted octanol–water partition coefficient (Wildman–Crippen LogP) is 7.66. The van der Waals surface area contributed by atoms with Crippen molar-refractivity contribution in [3.63, 3.8) is 0 Å². The second-order valence-corrected chi connectivity index (χ2v) is 16.1. The third kappa shape index (κ3) is 49.5. The van der Waals surface area contributed by atoms with Crippen LogP contribution in [0.15, 0.2) is 0 Å². The van der Waals surface area contributed by atoms with Crippen molar-refractivity contribution in [3.8, 4) is 0 Å². The number of hydrogen-bond acceptors (Lipinski definition) is 11. The molecule has 64 heavy (non-hydrogen) atoms. The van der Waals surface area contributed by atoms with Crippen molar-refractivity contribution in [1.82, 2.24) is 16.0 Å². The monoisotopic (exact) mass is 916 g/mol. The Labute approximate surface area is 385 Å².